The van der Waals surface area contributed by atoms with Crippen molar-refractivity contribution in [1.29, 1.82) is 0 Å². The van der Waals surface area contributed by atoms with E-state index < -0.39 is 5.82 Å². The summed E-state index contributed by atoms with van der Waals surface area (Å²) >= 11 is 0. The summed E-state index contributed by atoms with van der Waals surface area (Å²) in [5.74, 6) is -0.874. The van der Waals surface area contributed by atoms with Crippen LogP contribution in [0.5, 0.6) is 0 Å². The Hall–Kier alpha value is -4.24. The Bertz CT molecular complexity index is 1710. The molecule has 5 aromatic rings. The standard InChI is InChI=1S/C30H31FN6O2/c1-19-15-24(31)25(34-29(38)22-5-7-32-27-21(22)6-9-37(27)30(2,3)4)17-23(19)20-16-26(35-11-13-39-14-12-35)28-33-8-10-36(28)18-20/h5-10,15-18H,11-14H2,1-4H3,(H,34,38). The highest BCUT2D eigenvalue weighted by molar-refractivity contribution is 6.12. The number of hydrogen-bond acceptors (Lipinski definition) is 5. The van der Waals surface area contributed by atoms with Gasteiger partial charge in [0.25, 0.3) is 5.91 Å². The number of nitrogens with zero attached hydrogens (tertiary/aromatic N) is 5. The van der Waals surface area contributed by atoms with Crippen molar-refractivity contribution in [3.05, 3.63) is 78.3 Å². The van der Waals surface area contributed by atoms with Crippen molar-refractivity contribution in [1.82, 2.24) is 18.9 Å². The summed E-state index contributed by atoms with van der Waals surface area (Å²) in [7, 11) is 0. The number of pyridine rings is 2. The number of morpholine rings is 1. The number of amides is 1. The first-order chi connectivity index (χ1) is 18.7. The van der Waals surface area contributed by atoms with Crippen LogP contribution in [0, 0.1) is 12.7 Å². The quantitative estimate of drug-likeness (QED) is 0.328. The van der Waals surface area contributed by atoms with Crippen molar-refractivity contribution in [3.8, 4) is 11.1 Å². The van der Waals surface area contributed by atoms with E-state index in [2.05, 4.69) is 47.0 Å². The molecule has 39 heavy (non-hydrogen) atoms. The Morgan fingerprint density at radius 2 is 1.79 bits per heavy atom. The molecule has 0 bridgehead atoms. The Morgan fingerprint density at radius 3 is 2.56 bits per heavy atom. The van der Waals surface area contributed by atoms with Crippen LogP contribution in [0.4, 0.5) is 15.8 Å². The number of carbonyl (C=O) groups excluding carboxylic acids is 1. The van der Waals surface area contributed by atoms with E-state index in [9.17, 15) is 4.79 Å². The predicted molar refractivity (Wildman–Crippen MR) is 151 cm³/mol. The van der Waals surface area contributed by atoms with Gasteiger partial charge in [-0.1, -0.05) is 0 Å². The summed E-state index contributed by atoms with van der Waals surface area (Å²) in [6.45, 7) is 11.0. The Balaban J connectivity index is 1.38. The maximum absolute atomic E-state index is 15.2. The monoisotopic (exact) mass is 526 g/mol. The van der Waals surface area contributed by atoms with Crippen LogP contribution in [0.1, 0.15) is 36.7 Å². The molecule has 1 N–H and O–H groups in total. The highest BCUT2D eigenvalue weighted by atomic mass is 19.1. The third kappa shape index (κ3) is 4.52. The number of hydrogen-bond donors (Lipinski definition) is 1. The summed E-state index contributed by atoms with van der Waals surface area (Å²) in [4.78, 5) is 24.7. The molecule has 1 amide bonds. The van der Waals surface area contributed by atoms with E-state index in [1.54, 1.807) is 24.5 Å². The zero-order valence-electron chi connectivity index (χ0n) is 22.5. The molecule has 1 aliphatic heterocycles. The number of nitrogens with one attached hydrogen (secondary N) is 1. The van der Waals surface area contributed by atoms with Gasteiger partial charge in [-0.3, -0.25) is 4.79 Å². The molecule has 1 saturated heterocycles. The molecule has 1 fully saturated rings. The van der Waals surface area contributed by atoms with Gasteiger partial charge in [0.2, 0.25) is 0 Å². The molecule has 4 aromatic heterocycles. The molecule has 0 unspecified atom stereocenters. The molecule has 1 aliphatic rings. The first-order valence-electron chi connectivity index (χ1n) is 13.1. The second kappa shape index (κ2) is 9.50. The van der Waals surface area contributed by atoms with Crippen LogP contribution in [0.25, 0.3) is 27.8 Å². The zero-order chi connectivity index (χ0) is 27.3. The molecular weight excluding hydrogens is 495 g/mol. The summed E-state index contributed by atoms with van der Waals surface area (Å²) in [5, 5.41) is 3.54. The molecular formula is C30H31FN6O2. The fourth-order valence-electron chi connectivity index (χ4n) is 5.25. The van der Waals surface area contributed by atoms with Crippen LogP contribution >= 0.6 is 0 Å². The molecule has 200 valence electrons. The van der Waals surface area contributed by atoms with Crippen molar-refractivity contribution >= 4 is 34.0 Å². The lowest BCUT2D eigenvalue weighted by Gasteiger charge is -2.29. The topological polar surface area (TPSA) is 76.7 Å². The maximum atomic E-state index is 15.2. The smallest absolute Gasteiger partial charge is 0.256 e. The molecule has 8 nitrogen and oxygen atoms in total. The van der Waals surface area contributed by atoms with Crippen molar-refractivity contribution in [2.45, 2.75) is 33.2 Å². The fourth-order valence-corrected chi connectivity index (χ4v) is 5.25. The van der Waals surface area contributed by atoms with Gasteiger partial charge in [0.05, 0.1) is 30.2 Å². The minimum absolute atomic E-state index is 0.125. The average Bonchev–Trinajstić information content (AvgIpc) is 3.57. The number of imidazole rings is 1. The largest absolute Gasteiger partial charge is 0.378 e. The number of ether oxygens (including phenoxy) is 1. The fraction of sp³-hybridized carbons (Fsp3) is 0.300. The van der Waals surface area contributed by atoms with Gasteiger partial charge in [-0.25, -0.2) is 14.4 Å². The van der Waals surface area contributed by atoms with Gasteiger partial charge in [-0.2, -0.15) is 0 Å². The zero-order valence-corrected chi connectivity index (χ0v) is 22.5. The lowest BCUT2D eigenvalue weighted by Crippen LogP contribution is -2.36. The average molecular weight is 527 g/mol. The van der Waals surface area contributed by atoms with E-state index in [1.165, 1.54) is 6.07 Å². The number of rotatable bonds is 4. The summed E-state index contributed by atoms with van der Waals surface area (Å²) in [6.07, 6.45) is 9.21. The van der Waals surface area contributed by atoms with Gasteiger partial charge in [-0.15, -0.1) is 0 Å². The Labute approximate surface area is 226 Å². The highest BCUT2D eigenvalue weighted by Gasteiger charge is 2.22. The number of anilines is 2. The molecule has 0 radical (unpaired) electrons. The lowest BCUT2D eigenvalue weighted by molar-refractivity contribution is 0.102. The van der Waals surface area contributed by atoms with Gasteiger partial charge >= 0.3 is 0 Å². The van der Waals surface area contributed by atoms with E-state index in [1.807, 2.05) is 40.5 Å². The van der Waals surface area contributed by atoms with Crippen LogP contribution < -0.4 is 10.2 Å². The SMILES string of the molecule is Cc1cc(F)c(NC(=O)c2ccnc3c2ccn3C(C)(C)C)cc1-c1cc(N2CCOCC2)c2nccn2c1. The Kier molecular flexibility index (Phi) is 6.10. The molecule has 6 rings (SSSR count). The number of aryl methyl sites for hydroxylation is 1. The summed E-state index contributed by atoms with van der Waals surface area (Å²) < 4.78 is 24.8. The number of aromatic nitrogens is 4. The summed E-state index contributed by atoms with van der Waals surface area (Å²) in [6, 6.07) is 8.81. The van der Waals surface area contributed by atoms with Gasteiger partial charge < -0.3 is 23.9 Å². The lowest BCUT2D eigenvalue weighted by atomic mass is 10.00. The molecule has 0 atom stereocenters. The number of halogens is 1. The minimum atomic E-state index is -0.487. The maximum Gasteiger partial charge on any atom is 0.256 e. The molecule has 9 heteroatoms. The molecule has 1 aromatic carbocycles. The first-order valence-corrected chi connectivity index (χ1v) is 13.1. The van der Waals surface area contributed by atoms with Crippen molar-refractivity contribution in [2.24, 2.45) is 0 Å². The van der Waals surface area contributed by atoms with Crippen LogP contribution in [0.15, 0.2) is 61.3 Å². The second-order valence-corrected chi connectivity index (χ2v) is 10.9. The van der Waals surface area contributed by atoms with Gasteiger partial charge in [0.15, 0.2) is 5.65 Å². The number of carbonyl (C=O) groups is 1. The van der Waals surface area contributed by atoms with E-state index in [4.69, 9.17) is 4.74 Å². The minimum Gasteiger partial charge on any atom is -0.378 e. The van der Waals surface area contributed by atoms with Crippen molar-refractivity contribution in [2.75, 3.05) is 36.5 Å². The third-order valence-electron chi connectivity index (χ3n) is 7.25. The van der Waals surface area contributed by atoms with Crippen molar-refractivity contribution < 1.29 is 13.9 Å². The van der Waals surface area contributed by atoms with E-state index in [0.29, 0.717) is 24.4 Å². The van der Waals surface area contributed by atoms with Crippen LogP contribution in [0.2, 0.25) is 0 Å². The molecule has 0 saturated carbocycles. The number of fused-ring (bicyclic) bond motifs is 2. The normalized spacial score (nSPS) is 14.3. The Morgan fingerprint density at radius 1 is 1.03 bits per heavy atom. The molecule has 0 spiro atoms. The van der Waals surface area contributed by atoms with Crippen LogP contribution in [-0.2, 0) is 10.3 Å². The second-order valence-electron chi connectivity index (χ2n) is 10.9. The van der Waals surface area contributed by atoms with E-state index >= 15 is 4.39 Å². The summed E-state index contributed by atoms with van der Waals surface area (Å²) in [5.41, 5.74) is 5.45. The van der Waals surface area contributed by atoms with Gasteiger partial charge in [-0.05, 0) is 69.2 Å². The van der Waals surface area contributed by atoms with Gasteiger partial charge in [0, 0.05) is 60.6 Å². The molecule has 5 heterocycles. The van der Waals surface area contributed by atoms with Crippen molar-refractivity contribution in [3.63, 3.8) is 0 Å². The van der Waals surface area contributed by atoms with Crippen LogP contribution in [0.3, 0.4) is 0 Å². The van der Waals surface area contributed by atoms with E-state index in [-0.39, 0.29) is 17.1 Å². The van der Waals surface area contributed by atoms with E-state index in [0.717, 1.165) is 46.5 Å². The first kappa shape index (κ1) is 25.1. The highest BCUT2D eigenvalue weighted by Crippen LogP contribution is 2.34. The molecule has 0 aliphatic carbocycles. The third-order valence-corrected chi connectivity index (χ3v) is 7.25. The van der Waals surface area contributed by atoms with Crippen LogP contribution in [-0.4, -0.2) is 51.1 Å². The predicted octanol–water partition coefficient (Wildman–Crippen LogP) is 5.64. The van der Waals surface area contributed by atoms with Gasteiger partial charge in [0.1, 0.15) is 11.5 Å². The number of benzene rings is 1.